The highest BCUT2D eigenvalue weighted by Gasteiger charge is 2.03. The second-order valence-corrected chi connectivity index (χ2v) is 2.62. The molecule has 0 unspecified atom stereocenters. The van der Waals surface area contributed by atoms with Crippen molar-refractivity contribution >= 4 is 12.2 Å². The maximum Gasteiger partial charge on any atom is 0.298 e. The van der Waals surface area contributed by atoms with Crippen molar-refractivity contribution in [3.8, 4) is 5.75 Å². The Hall–Kier alpha value is -1.51. The molecule has 0 saturated carbocycles. The third-order valence-corrected chi connectivity index (χ3v) is 1.95. The van der Waals surface area contributed by atoms with Gasteiger partial charge in [-0.1, -0.05) is 0 Å². The number of hydrogen-bond acceptors (Lipinski definition) is 3. The summed E-state index contributed by atoms with van der Waals surface area (Å²) in [5, 5.41) is 0. The van der Waals surface area contributed by atoms with Gasteiger partial charge in [0.05, 0.1) is 0 Å². The first kappa shape index (κ1) is 8.59. The van der Waals surface area contributed by atoms with Crippen LogP contribution in [-0.4, -0.2) is 6.47 Å². The maximum absolute atomic E-state index is 10.1. The zero-order valence-corrected chi connectivity index (χ0v) is 7.13. The fourth-order valence-electron chi connectivity index (χ4n) is 0.996. The summed E-state index contributed by atoms with van der Waals surface area (Å²) in [5.74, 6) is 0.566. The topological polar surface area (TPSA) is 52.3 Å². The van der Waals surface area contributed by atoms with Crippen molar-refractivity contribution < 1.29 is 9.53 Å². The molecule has 1 rings (SSSR count). The first-order chi connectivity index (χ1) is 5.66. The number of carbonyl (C=O) groups is 1. The van der Waals surface area contributed by atoms with Gasteiger partial charge in [-0.3, -0.25) is 4.79 Å². The molecular weight excluding hydrogens is 154 g/mol. The van der Waals surface area contributed by atoms with E-state index in [0.717, 1.165) is 11.1 Å². The van der Waals surface area contributed by atoms with Gasteiger partial charge in [0, 0.05) is 5.69 Å². The van der Waals surface area contributed by atoms with Gasteiger partial charge >= 0.3 is 0 Å². The first-order valence-corrected chi connectivity index (χ1v) is 3.62. The van der Waals surface area contributed by atoms with Gasteiger partial charge in [-0.2, -0.15) is 0 Å². The lowest BCUT2D eigenvalue weighted by atomic mass is 10.1. The minimum absolute atomic E-state index is 0.415. The predicted molar refractivity (Wildman–Crippen MR) is 47.0 cm³/mol. The van der Waals surface area contributed by atoms with Crippen LogP contribution in [0.1, 0.15) is 11.1 Å². The molecule has 1 aromatic rings. The van der Waals surface area contributed by atoms with Gasteiger partial charge in [-0.25, -0.2) is 0 Å². The molecule has 0 aromatic heterocycles. The summed E-state index contributed by atoms with van der Waals surface area (Å²) in [5.41, 5.74) is 8.21. The Kier molecular flexibility index (Phi) is 2.33. The molecule has 0 radical (unpaired) electrons. The molecule has 2 N–H and O–H groups in total. The molecule has 0 bridgehead atoms. The summed E-state index contributed by atoms with van der Waals surface area (Å²) in [6.45, 7) is 4.17. The number of nitrogen functional groups attached to an aromatic ring is 1. The van der Waals surface area contributed by atoms with Crippen LogP contribution in [0.4, 0.5) is 5.69 Å². The summed E-state index contributed by atoms with van der Waals surface area (Å²) < 4.78 is 4.74. The minimum Gasteiger partial charge on any atom is -0.428 e. The molecule has 64 valence electrons. The Labute approximate surface area is 71.1 Å². The molecule has 0 amide bonds. The highest BCUT2D eigenvalue weighted by atomic mass is 16.5. The standard InChI is InChI=1S/C9H11NO2/c1-6-7(2)9(12-5-11)4-3-8(6)10/h3-5H,10H2,1-2H3. The van der Waals surface area contributed by atoms with Crippen LogP contribution in [0.2, 0.25) is 0 Å². The largest absolute Gasteiger partial charge is 0.428 e. The number of carbonyl (C=O) groups excluding carboxylic acids is 1. The summed E-state index contributed by atoms with van der Waals surface area (Å²) in [6.07, 6.45) is 0. The minimum atomic E-state index is 0.415. The van der Waals surface area contributed by atoms with Gasteiger partial charge in [0.25, 0.3) is 6.47 Å². The summed E-state index contributed by atoms with van der Waals surface area (Å²) in [4.78, 5) is 10.1. The molecule has 0 atom stereocenters. The lowest BCUT2D eigenvalue weighted by molar-refractivity contribution is -0.120. The van der Waals surface area contributed by atoms with E-state index in [4.69, 9.17) is 10.5 Å². The van der Waals surface area contributed by atoms with Crippen molar-refractivity contribution in [2.75, 3.05) is 5.73 Å². The van der Waals surface area contributed by atoms with Gasteiger partial charge in [-0.15, -0.1) is 0 Å². The third kappa shape index (κ3) is 1.39. The van der Waals surface area contributed by atoms with Gasteiger partial charge in [0.2, 0.25) is 0 Å². The van der Waals surface area contributed by atoms with Crippen LogP contribution in [-0.2, 0) is 4.79 Å². The van der Waals surface area contributed by atoms with Crippen LogP contribution in [0.3, 0.4) is 0 Å². The number of anilines is 1. The molecule has 12 heavy (non-hydrogen) atoms. The van der Waals surface area contributed by atoms with Crippen LogP contribution in [0.25, 0.3) is 0 Å². The van der Waals surface area contributed by atoms with Crippen LogP contribution in [0.5, 0.6) is 5.75 Å². The third-order valence-electron chi connectivity index (χ3n) is 1.95. The molecule has 0 aliphatic heterocycles. The number of nitrogens with two attached hydrogens (primary N) is 1. The van der Waals surface area contributed by atoms with Crippen molar-refractivity contribution in [2.24, 2.45) is 0 Å². The Bertz CT molecular complexity index is 308. The van der Waals surface area contributed by atoms with E-state index in [1.54, 1.807) is 12.1 Å². The fraction of sp³-hybridized carbons (Fsp3) is 0.222. The second kappa shape index (κ2) is 3.26. The van der Waals surface area contributed by atoms with Gasteiger partial charge in [0.15, 0.2) is 0 Å². The highest BCUT2D eigenvalue weighted by molar-refractivity contribution is 5.58. The van der Waals surface area contributed by atoms with Crippen molar-refractivity contribution in [2.45, 2.75) is 13.8 Å². The van der Waals surface area contributed by atoms with Crippen LogP contribution in [0.15, 0.2) is 12.1 Å². The van der Waals surface area contributed by atoms with Gasteiger partial charge in [0.1, 0.15) is 5.75 Å². The van der Waals surface area contributed by atoms with E-state index in [1.807, 2.05) is 13.8 Å². The Morgan fingerprint density at radius 2 is 2.00 bits per heavy atom. The van der Waals surface area contributed by atoms with E-state index in [9.17, 15) is 4.79 Å². The lowest BCUT2D eigenvalue weighted by Crippen LogP contribution is -1.97. The summed E-state index contributed by atoms with van der Waals surface area (Å²) >= 11 is 0. The normalized spacial score (nSPS) is 9.50. The van der Waals surface area contributed by atoms with E-state index >= 15 is 0 Å². The Morgan fingerprint density at radius 3 is 2.58 bits per heavy atom. The van der Waals surface area contributed by atoms with E-state index in [0.29, 0.717) is 17.9 Å². The molecule has 0 saturated heterocycles. The number of hydrogen-bond donors (Lipinski definition) is 1. The molecule has 3 heteroatoms. The monoisotopic (exact) mass is 165 g/mol. The summed E-state index contributed by atoms with van der Waals surface area (Å²) in [7, 11) is 0. The molecule has 0 aliphatic carbocycles. The Balaban J connectivity index is 3.16. The molecule has 0 spiro atoms. The number of rotatable bonds is 2. The maximum atomic E-state index is 10.1. The van der Waals surface area contributed by atoms with E-state index in [2.05, 4.69) is 0 Å². The van der Waals surface area contributed by atoms with Crippen molar-refractivity contribution in [3.63, 3.8) is 0 Å². The lowest BCUT2D eigenvalue weighted by Gasteiger charge is -2.07. The first-order valence-electron chi connectivity index (χ1n) is 3.62. The number of ether oxygens (including phenoxy) is 1. The van der Waals surface area contributed by atoms with E-state index < -0.39 is 0 Å². The van der Waals surface area contributed by atoms with Crippen molar-refractivity contribution in [1.82, 2.24) is 0 Å². The second-order valence-electron chi connectivity index (χ2n) is 2.62. The van der Waals surface area contributed by atoms with Crippen molar-refractivity contribution in [1.29, 1.82) is 0 Å². The highest BCUT2D eigenvalue weighted by Crippen LogP contribution is 2.24. The van der Waals surface area contributed by atoms with Gasteiger partial charge in [-0.05, 0) is 37.1 Å². The zero-order chi connectivity index (χ0) is 9.14. The molecule has 0 heterocycles. The smallest absolute Gasteiger partial charge is 0.298 e. The van der Waals surface area contributed by atoms with Gasteiger partial charge < -0.3 is 10.5 Å². The average molecular weight is 165 g/mol. The quantitative estimate of drug-likeness (QED) is 0.532. The van der Waals surface area contributed by atoms with Crippen LogP contribution >= 0.6 is 0 Å². The molecular formula is C9H11NO2. The van der Waals surface area contributed by atoms with E-state index in [1.165, 1.54) is 0 Å². The van der Waals surface area contributed by atoms with Crippen LogP contribution in [0, 0.1) is 13.8 Å². The van der Waals surface area contributed by atoms with Crippen molar-refractivity contribution in [3.05, 3.63) is 23.3 Å². The average Bonchev–Trinajstić information content (AvgIpc) is 2.07. The zero-order valence-electron chi connectivity index (χ0n) is 7.13. The molecule has 1 aromatic carbocycles. The molecule has 0 fully saturated rings. The predicted octanol–water partition coefficient (Wildman–Crippen LogP) is 1.42. The van der Waals surface area contributed by atoms with Crippen LogP contribution < -0.4 is 10.5 Å². The molecule has 3 nitrogen and oxygen atoms in total. The number of benzene rings is 1. The fourth-order valence-corrected chi connectivity index (χ4v) is 0.996. The Morgan fingerprint density at radius 1 is 1.33 bits per heavy atom. The molecule has 0 aliphatic rings. The van der Waals surface area contributed by atoms with E-state index in [-0.39, 0.29) is 0 Å². The summed E-state index contributed by atoms with van der Waals surface area (Å²) in [6, 6.07) is 3.41. The SMILES string of the molecule is Cc1c(N)ccc(OC=O)c1C.